The zero-order valence-corrected chi connectivity index (χ0v) is 14.7. The number of carbonyl (C=O) groups excluding carboxylic acids is 1. The first-order valence-corrected chi connectivity index (χ1v) is 8.64. The average Bonchev–Trinajstić information content (AvgIpc) is 2.54. The lowest BCUT2D eigenvalue weighted by Crippen LogP contribution is -2.15. The van der Waals surface area contributed by atoms with E-state index >= 15 is 0 Å². The maximum absolute atomic E-state index is 12.3. The molecule has 0 fully saturated rings. The van der Waals surface area contributed by atoms with Crippen LogP contribution in [0.5, 0.6) is 0 Å². The summed E-state index contributed by atoms with van der Waals surface area (Å²) in [5.74, 6) is 0.173. The Hall–Kier alpha value is -1.61. The van der Waals surface area contributed by atoms with Gasteiger partial charge < -0.3 is 9.47 Å². The van der Waals surface area contributed by atoms with E-state index in [4.69, 9.17) is 9.47 Å². The summed E-state index contributed by atoms with van der Waals surface area (Å²) >= 11 is 0. The van der Waals surface area contributed by atoms with Gasteiger partial charge in [-0.3, -0.25) is 0 Å². The van der Waals surface area contributed by atoms with Gasteiger partial charge in [-0.1, -0.05) is 70.4 Å². The Morgan fingerprint density at radius 1 is 1.13 bits per heavy atom. The molecular weight excluding hydrogens is 288 g/mol. The number of esters is 1. The fourth-order valence-electron chi connectivity index (χ4n) is 2.10. The Bertz CT molecular complexity index is 463. The van der Waals surface area contributed by atoms with Gasteiger partial charge in [0, 0.05) is 6.61 Å². The second kappa shape index (κ2) is 11.9. The lowest BCUT2D eigenvalue weighted by molar-refractivity contribution is -0.139. The standard InChI is InChI=1S/C20H30O3/c1-4-5-6-10-13-23-20(21)19(16-22-15-17(2)3)14-18-11-8-7-9-12-18/h7-9,11-12,14,17H,4-6,10,13,15-16H2,1-3H3. The van der Waals surface area contributed by atoms with Crippen LogP contribution in [0.25, 0.3) is 6.08 Å². The monoisotopic (exact) mass is 318 g/mol. The number of benzene rings is 1. The molecule has 3 nitrogen and oxygen atoms in total. The average molecular weight is 318 g/mol. The fraction of sp³-hybridized carbons (Fsp3) is 0.550. The normalized spacial score (nSPS) is 11.7. The molecule has 1 rings (SSSR count). The zero-order valence-electron chi connectivity index (χ0n) is 14.7. The minimum Gasteiger partial charge on any atom is -0.462 e. The third-order valence-electron chi connectivity index (χ3n) is 3.34. The lowest BCUT2D eigenvalue weighted by Gasteiger charge is -2.11. The molecule has 0 bridgehead atoms. The lowest BCUT2D eigenvalue weighted by atomic mass is 10.1. The van der Waals surface area contributed by atoms with Crippen molar-refractivity contribution in [2.45, 2.75) is 46.5 Å². The second-order valence-corrected chi connectivity index (χ2v) is 6.19. The van der Waals surface area contributed by atoms with E-state index in [9.17, 15) is 4.79 Å². The van der Waals surface area contributed by atoms with Crippen molar-refractivity contribution in [3.05, 3.63) is 41.5 Å². The summed E-state index contributed by atoms with van der Waals surface area (Å²) < 4.78 is 11.0. The first-order chi connectivity index (χ1) is 11.1. The van der Waals surface area contributed by atoms with E-state index < -0.39 is 0 Å². The van der Waals surface area contributed by atoms with Gasteiger partial charge >= 0.3 is 5.97 Å². The minimum absolute atomic E-state index is 0.269. The molecule has 0 aromatic heterocycles. The molecule has 0 aliphatic rings. The van der Waals surface area contributed by atoms with Gasteiger partial charge in [-0.15, -0.1) is 0 Å². The number of rotatable bonds is 11. The van der Waals surface area contributed by atoms with Gasteiger partial charge in [0.25, 0.3) is 0 Å². The molecule has 0 atom stereocenters. The Morgan fingerprint density at radius 3 is 2.52 bits per heavy atom. The van der Waals surface area contributed by atoms with Crippen LogP contribution < -0.4 is 0 Å². The Balaban J connectivity index is 2.59. The summed E-state index contributed by atoms with van der Waals surface area (Å²) in [5.41, 5.74) is 1.56. The minimum atomic E-state index is -0.269. The highest BCUT2D eigenvalue weighted by Crippen LogP contribution is 2.10. The van der Waals surface area contributed by atoms with Gasteiger partial charge in [0.2, 0.25) is 0 Å². The molecular formula is C20H30O3. The fourth-order valence-corrected chi connectivity index (χ4v) is 2.10. The smallest absolute Gasteiger partial charge is 0.336 e. The maximum atomic E-state index is 12.3. The second-order valence-electron chi connectivity index (χ2n) is 6.19. The number of hydrogen-bond donors (Lipinski definition) is 0. The molecule has 128 valence electrons. The van der Waals surface area contributed by atoms with Crippen molar-refractivity contribution >= 4 is 12.0 Å². The summed E-state index contributed by atoms with van der Waals surface area (Å²) in [6.07, 6.45) is 6.24. The summed E-state index contributed by atoms with van der Waals surface area (Å²) in [6, 6.07) is 9.80. The number of hydrogen-bond acceptors (Lipinski definition) is 3. The van der Waals surface area contributed by atoms with E-state index in [0.29, 0.717) is 31.3 Å². The van der Waals surface area contributed by atoms with Crippen molar-refractivity contribution in [1.29, 1.82) is 0 Å². The Labute approximate surface area is 140 Å². The summed E-state index contributed by atoms with van der Waals surface area (Å²) in [4.78, 5) is 12.3. The van der Waals surface area contributed by atoms with Gasteiger partial charge in [-0.2, -0.15) is 0 Å². The molecule has 0 amide bonds. The molecule has 0 saturated heterocycles. The molecule has 0 unspecified atom stereocenters. The summed E-state index contributed by atoms with van der Waals surface area (Å²) in [7, 11) is 0. The summed E-state index contributed by atoms with van der Waals surface area (Å²) in [5, 5.41) is 0. The van der Waals surface area contributed by atoms with E-state index in [1.54, 1.807) is 0 Å². The van der Waals surface area contributed by atoms with Crippen LogP contribution in [-0.2, 0) is 14.3 Å². The first-order valence-electron chi connectivity index (χ1n) is 8.64. The molecule has 0 N–H and O–H groups in total. The van der Waals surface area contributed by atoms with Crippen LogP contribution in [0.2, 0.25) is 0 Å². The predicted octanol–water partition coefficient (Wildman–Crippen LogP) is 4.87. The molecule has 0 spiro atoms. The molecule has 0 aliphatic carbocycles. The molecule has 0 aliphatic heterocycles. The molecule has 1 aromatic carbocycles. The van der Waals surface area contributed by atoms with Crippen LogP contribution in [0.4, 0.5) is 0 Å². The highest BCUT2D eigenvalue weighted by Gasteiger charge is 2.12. The van der Waals surface area contributed by atoms with Gasteiger partial charge in [0.15, 0.2) is 0 Å². The van der Waals surface area contributed by atoms with Crippen LogP contribution in [0.3, 0.4) is 0 Å². The van der Waals surface area contributed by atoms with Crippen LogP contribution in [0.15, 0.2) is 35.9 Å². The van der Waals surface area contributed by atoms with Gasteiger partial charge in [0.05, 0.1) is 18.8 Å². The maximum Gasteiger partial charge on any atom is 0.336 e. The van der Waals surface area contributed by atoms with E-state index in [2.05, 4.69) is 20.8 Å². The van der Waals surface area contributed by atoms with Gasteiger partial charge in [-0.25, -0.2) is 4.79 Å². The van der Waals surface area contributed by atoms with Crippen molar-refractivity contribution in [3.8, 4) is 0 Å². The van der Waals surface area contributed by atoms with Crippen LogP contribution >= 0.6 is 0 Å². The number of ether oxygens (including phenoxy) is 2. The molecule has 0 saturated carbocycles. The van der Waals surface area contributed by atoms with Gasteiger partial charge in [0.1, 0.15) is 0 Å². The third kappa shape index (κ3) is 9.19. The molecule has 0 radical (unpaired) electrons. The van der Waals surface area contributed by atoms with Crippen molar-refractivity contribution in [1.82, 2.24) is 0 Å². The molecule has 1 aromatic rings. The van der Waals surface area contributed by atoms with E-state index in [1.807, 2.05) is 36.4 Å². The first kappa shape index (κ1) is 19.4. The highest BCUT2D eigenvalue weighted by molar-refractivity contribution is 5.94. The number of unbranched alkanes of at least 4 members (excludes halogenated alkanes) is 3. The van der Waals surface area contributed by atoms with Crippen LogP contribution in [0.1, 0.15) is 52.0 Å². The number of carbonyl (C=O) groups is 1. The topological polar surface area (TPSA) is 35.5 Å². The van der Waals surface area contributed by atoms with Crippen molar-refractivity contribution < 1.29 is 14.3 Å². The quantitative estimate of drug-likeness (QED) is 0.332. The Morgan fingerprint density at radius 2 is 1.87 bits per heavy atom. The van der Waals surface area contributed by atoms with Crippen LogP contribution in [0, 0.1) is 5.92 Å². The molecule has 0 heterocycles. The largest absolute Gasteiger partial charge is 0.462 e. The van der Waals surface area contributed by atoms with E-state index in [-0.39, 0.29) is 5.97 Å². The van der Waals surface area contributed by atoms with Crippen molar-refractivity contribution in [2.75, 3.05) is 19.8 Å². The van der Waals surface area contributed by atoms with Crippen LogP contribution in [-0.4, -0.2) is 25.8 Å². The molecule has 3 heteroatoms. The predicted molar refractivity (Wildman–Crippen MR) is 95.2 cm³/mol. The zero-order chi connectivity index (χ0) is 16.9. The third-order valence-corrected chi connectivity index (χ3v) is 3.34. The molecule has 23 heavy (non-hydrogen) atoms. The summed E-state index contributed by atoms with van der Waals surface area (Å²) in [6.45, 7) is 7.75. The SMILES string of the molecule is CCCCCCOC(=O)C(=Cc1ccccc1)COCC(C)C. The van der Waals surface area contributed by atoms with E-state index in [0.717, 1.165) is 18.4 Å². The van der Waals surface area contributed by atoms with Crippen molar-refractivity contribution in [3.63, 3.8) is 0 Å². The Kier molecular flexibility index (Phi) is 10.0. The van der Waals surface area contributed by atoms with E-state index in [1.165, 1.54) is 12.8 Å². The van der Waals surface area contributed by atoms with Crippen molar-refractivity contribution in [2.24, 2.45) is 5.92 Å². The highest BCUT2D eigenvalue weighted by atomic mass is 16.5. The van der Waals surface area contributed by atoms with Gasteiger partial charge in [-0.05, 0) is 24.0 Å².